The zero-order valence-corrected chi connectivity index (χ0v) is 13.4. The number of rotatable bonds is 6. The van der Waals surface area contributed by atoms with Gasteiger partial charge in [-0.25, -0.2) is 4.98 Å². The molecule has 5 heteroatoms. The Hall–Kier alpha value is -2.17. The Balaban J connectivity index is 2.21. The summed E-state index contributed by atoms with van der Waals surface area (Å²) in [5, 5.41) is 3.39. The first-order chi connectivity index (χ1) is 10.5. The molecule has 0 saturated heterocycles. The van der Waals surface area contributed by atoms with E-state index >= 15 is 0 Å². The van der Waals surface area contributed by atoms with Crippen molar-refractivity contribution in [2.24, 2.45) is 0 Å². The van der Waals surface area contributed by atoms with Crippen molar-refractivity contribution in [3.05, 3.63) is 39.9 Å². The molecule has 118 valence electrons. The van der Waals surface area contributed by atoms with Crippen LogP contribution in [-0.2, 0) is 11.2 Å². The highest BCUT2D eigenvalue weighted by molar-refractivity contribution is 5.80. The molecular formula is C17H23N3O2. The van der Waals surface area contributed by atoms with Crippen molar-refractivity contribution in [3.63, 3.8) is 0 Å². The summed E-state index contributed by atoms with van der Waals surface area (Å²) in [7, 11) is 0. The molecule has 0 unspecified atom stereocenters. The summed E-state index contributed by atoms with van der Waals surface area (Å²) < 4.78 is 0. The molecule has 1 aromatic heterocycles. The van der Waals surface area contributed by atoms with Crippen LogP contribution in [0, 0.1) is 0 Å². The quantitative estimate of drug-likeness (QED) is 0.805. The molecule has 5 nitrogen and oxygen atoms in total. The topological polar surface area (TPSA) is 74.8 Å². The van der Waals surface area contributed by atoms with E-state index in [1.54, 1.807) is 0 Å². The van der Waals surface area contributed by atoms with Crippen molar-refractivity contribution in [3.8, 4) is 0 Å². The second-order valence-corrected chi connectivity index (χ2v) is 5.82. The highest BCUT2D eigenvalue weighted by Crippen LogP contribution is 2.18. The number of carbonyl (C=O) groups is 1. The number of carbonyl (C=O) groups excluding carboxylic acids is 1. The van der Waals surface area contributed by atoms with Crippen molar-refractivity contribution in [2.75, 3.05) is 6.54 Å². The summed E-state index contributed by atoms with van der Waals surface area (Å²) in [6.07, 6.45) is 2.08. The fourth-order valence-corrected chi connectivity index (χ4v) is 2.27. The van der Waals surface area contributed by atoms with Gasteiger partial charge in [-0.2, -0.15) is 0 Å². The Morgan fingerprint density at radius 3 is 2.82 bits per heavy atom. The number of aromatic nitrogens is 2. The molecule has 2 aromatic rings. The predicted octanol–water partition coefficient (Wildman–Crippen LogP) is 2.51. The Kier molecular flexibility index (Phi) is 5.31. The smallest absolute Gasteiger partial charge is 0.258 e. The van der Waals surface area contributed by atoms with Crippen LogP contribution in [0.15, 0.2) is 23.0 Å². The second kappa shape index (κ2) is 7.20. The molecule has 1 amide bonds. The van der Waals surface area contributed by atoms with E-state index in [2.05, 4.69) is 36.1 Å². The molecule has 0 spiro atoms. The third-order valence-electron chi connectivity index (χ3n) is 3.63. The third-order valence-corrected chi connectivity index (χ3v) is 3.63. The number of benzene rings is 1. The third kappa shape index (κ3) is 3.93. The van der Waals surface area contributed by atoms with Crippen LogP contribution in [0.1, 0.15) is 50.9 Å². The first kappa shape index (κ1) is 16.2. The largest absolute Gasteiger partial charge is 0.356 e. The minimum atomic E-state index is -0.191. The van der Waals surface area contributed by atoms with Crippen LogP contribution in [0.2, 0.25) is 0 Å². The van der Waals surface area contributed by atoms with E-state index < -0.39 is 0 Å². The van der Waals surface area contributed by atoms with E-state index in [1.165, 1.54) is 0 Å². The van der Waals surface area contributed by atoms with Crippen molar-refractivity contribution in [2.45, 2.75) is 46.0 Å². The van der Waals surface area contributed by atoms with E-state index in [0.29, 0.717) is 29.2 Å². The van der Waals surface area contributed by atoms with Crippen LogP contribution >= 0.6 is 0 Å². The lowest BCUT2D eigenvalue weighted by Gasteiger charge is -2.08. The minimum absolute atomic E-state index is 0.0980. The summed E-state index contributed by atoms with van der Waals surface area (Å²) in [4.78, 5) is 31.1. The Morgan fingerprint density at radius 2 is 2.14 bits per heavy atom. The van der Waals surface area contributed by atoms with Crippen LogP contribution < -0.4 is 10.9 Å². The van der Waals surface area contributed by atoms with Crippen molar-refractivity contribution < 1.29 is 4.79 Å². The first-order valence-electron chi connectivity index (χ1n) is 7.80. The lowest BCUT2D eigenvalue weighted by Crippen LogP contribution is -2.27. The van der Waals surface area contributed by atoms with E-state index in [-0.39, 0.29) is 17.9 Å². The lowest BCUT2D eigenvalue weighted by atomic mass is 10.0. The maximum Gasteiger partial charge on any atom is 0.258 e. The van der Waals surface area contributed by atoms with Gasteiger partial charge in [0.1, 0.15) is 5.82 Å². The molecule has 0 fully saturated rings. The molecule has 0 saturated carbocycles. The Morgan fingerprint density at radius 1 is 1.36 bits per heavy atom. The van der Waals surface area contributed by atoms with E-state index in [0.717, 1.165) is 18.4 Å². The van der Waals surface area contributed by atoms with Crippen molar-refractivity contribution in [1.82, 2.24) is 15.3 Å². The van der Waals surface area contributed by atoms with E-state index in [4.69, 9.17) is 0 Å². The monoisotopic (exact) mass is 301 g/mol. The number of fused-ring (bicyclic) bond motifs is 1. The van der Waals surface area contributed by atoms with Crippen LogP contribution in [0.5, 0.6) is 0 Å². The van der Waals surface area contributed by atoms with Crippen molar-refractivity contribution >= 4 is 16.8 Å². The van der Waals surface area contributed by atoms with Crippen LogP contribution in [0.4, 0.5) is 0 Å². The van der Waals surface area contributed by atoms with E-state index in [9.17, 15) is 9.59 Å². The molecule has 0 aliphatic carbocycles. The molecular weight excluding hydrogens is 278 g/mol. The molecule has 2 N–H and O–H groups in total. The number of nitrogens with zero attached hydrogens (tertiary/aromatic N) is 1. The fraction of sp³-hybridized carbons (Fsp3) is 0.471. The SMILES string of the molecule is CCCCNC(=O)Cc1nc2ccc(C(C)C)cc2c(=O)[nH]1. The molecule has 1 aromatic carbocycles. The number of H-pyrrole nitrogens is 1. The average molecular weight is 301 g/mol. The molecule has 2 rings (SSSR count). The highest BCUT2D eigenvalue weighted by Gasteiger charge is 2.09. The molecule has 0 aliphatic rings. The second-order valence-electron chi connectivity index (χ2n) is 5.82. The summed E-state index contributed by atoms with van der Waals surface area (Å²) in [6.45, 7) is 6.89. The number of hydrogen-bond acceptors (Lipinski definition) is 3. The fourth-order valence-electron chi connectivity index (χ4n) is 2.27. The molecule has 0 aliphatic heterocycles. The molecule has 0 radical (unpaired) electrons. The number of aromatic amines is 1. The van der Waals surface area contributed by atoms with Gasteiger partial charge in [0.15, 0.2) is 0 Å². The summed E-state index contributed by atoms with van der Waals surface area (Å²) in [5.41, 5.74) is 1.54. The summed E-state index contributed by atoms with van der Waals surface area (Å²) in [5.74, 6) is 0.645. The van der Waals surface area contributed by atoms with Gasteiger partial charge in [-0.3, -0.25) is 9.59 Å². The van der Waals surface area contributed by atoms with Gasteiger partial charge in [-0.05, 0) is 30.0 Å². The molecule has 0 atom stereocenters. The van der Waals surface area contributed by atoms with Gasteiger partial charge in [-0.15, -0.1) is 0 Å². The average Bonchev–Trinajstić information content (AvgIpc) is 2.47. The standard InChI is InChI=1S/C17H23N3O2/c1-4-5-8-18-16(21)10-15-19-14-7-6-12(11(2)3)9-13(14)17(22)20-15/h6-7,9,11H,4-5,8,10H2,1-3H3,(H,18,21)(H,19,20,22). The normalized spacial score (nSPS) is 11.1. The summed E-state index contributed by atoms with van der Waals surface area (Å²) in [6, 6.07) is 5.69. The number of nitrogens with one attached hydrogen (secondary N) is 2. The molecule has 22 heavy (non-hydrogen) atoms. The van der Waals surface area contributed by atoms with Gasteiger partial charge in [-0.1, -0.05) is 33.3 Å². The number of amides is 1. The first-order valence-corrected chi connectivity index (χ1v) is 7.80. The number of hydrogen-bond donors (Lipinski definition) is 2. The highest BCUT2D eigenvalue weighted by atomic mass is 16.1. The number of unbranched alkanes of at least 4 members (excludes halogenated alkanes) is 1. The van der Waals surface area contributed by atoms with Gasteiger partial charge < -0.3 is 10.3 Å². The van der Waals surface area contributed by atoms with Gasteiger partial charge in [0.2, 0.25) is 5.91 Å². The van der Waals surface area contributed by atoms with Crippen molar-refractivity contribution in [1.29, 1.82) is 0 Å². The Bertz CT molecular complexity index is 719. The van der Waals surface area contributed by atoms with Crippen LogP contribution in [0.3, 0.4) is 0 Å². The molecule has 1 heterocycles. The zero-order valence-electron chi connectivity index (χ0n) is 13.4. The van der Waals surface area contributed by atoms with Gasteiger partial charge >= 0.3 is 0 Å². The van der Waals surface area contributed by atoms with Crippen LogP contribution in [-0.4, -0.2) is 22.4 Å². The minimum Gasteiger partial charge on any atom is -0.356 e. The Labute approximate surface area is 130 Å². The van der Waals surface area contributed by atoms with Gasteiger partial charge in [0, 0.05) is 6.54 Å². The maximum atomic E-state index is 12.2. The lowest BCUT2D eigenvalue weighted by molar-refractivity contribution is -0.120. The molecule has 0 bridgehead atoms. The maximum absolute atomic E-state index is 12.2. The van der Waals surface area contributed by atoms with Gasteiger partial charge in [0.05, 0.1) is 17.3 Å². The van der Waals surface area contributed by atoms with Crippen LogP contribution in [0.25, 0.3) is 10.9 Å². The predicted molar refractivity (Wildman–Crippen MR) is 88.1 cm³/mol. The van der Waals surface area contributed by atoms with E-state index in [1.807, 2.05) is 18.2 Å². The zero-order chi connectivity index (χ0) is 16.1. The summed E-state index contributed by atoms with van der Waals surface area (Å²) >= 11 is 0. The van der Waals surface area contributed by atoms with Gasteiger partial charge in [0.25, 0.3) is 5.56 Å².